The van der Waals surface area contributed by atoms with E-state index in [0.717, 1.165) is 17.7 Å². The van der Waals surface area contributed by atoms with Gasteiger partial charge in [-0.05, 0) is 44.5 Å². The molecule has 0 aromatic heterocycles. The van der Waals surface area contributed by atoms with Gasteiger partial charge in [0, 0.05) is 19.3 Å². The zero-order chi connectivity index (χ0) is 15.8. The van der Waals surface area contributed by atoms with Crippen LogP contribution in [0.2, 0.25) is 0 Å². The lowest BCUT2D eigenvalue weighted by molar-refractivity contribution is -0.121. The summed E-state index contributed by atoms with van der Waals surface area (Å²) in [6.45, 7) is 4.98. The highest BCUT2D eigenvalue weighted by Gasteiger charge is 2.22. The number of hydrogen-bond acceptors (Lipinski definition) is 4. The van der Waals surface area contributed by atoms with E-state index >= 15 is 0 Å². The monoisotopic (exact) mass is 292 g/mol. The predicted octanol–water partition coefficient (Wildman–Crippen LogP) is 0.994. The molecule has 0 radical (unpaired) electrons. The van der Waals surface area contributed by atoms with Crippen molar-refractivity contribution in [3.63, 3.8) is 0 Å². The van der Waals surface area contributed by atoms with E-state index in [1.807, 2.05) is 36.1 Å². The van der Waals surface area contributed by atoms with E-state index in [4.69, 9.17) is 5.73 Å². The van der Waals surface area contributed by atoms with Gasteiger partial charge >= 0.3 is 6.03 Å². The molecule has 1 atom stereocenters. The van der Waals surface area contributed by atoms with Crippen molar-refractivity contribution in [2.24, 2.45) is 5.73 Å². The summed E-state index contributed by atoms with van der Waals surface area (Å²) in [6, 6.07) is 6.95. The minimum atomic E-state index is -0.505. The summed E-state index contributed by atoms with van der Waals surface area (Å²) in [5.41, 5.74) is 7.63. The van der Waals surface area contributed by atoms with Crippen LogP contribution in [-0.4, -0.2) is 38.1 Å². The van der Waals surface area contributed by atoms with Gasteiger partial charge in [-0.15, -0.1) is 0 Å². The standard InChI is InChI=1S/C15H24N4O2/c1-11-6-4-7-13(10-11)19(9-5-8-16)12(2)14(20)18-15(21)17-3/h4,6-7,10,12H,5,8-9,16H2,1-3H3,(H2,17,18,20,21). The van der Waals surface area contributed by atoms with Crippen molar-refractivity contribution in [2.75, 3.05) is 25.0 Å². The second-order valence-electron chi connectivity index (χ2n) is 4.92. The van der Waals surface area contributed by atoms with Gasteiger partial charge in [0.15, 0.2) is 0 Å². The van der Waals surface area contributed by atoms with Gasteiger partial charge in [0.2, 0.25) is 5.91 Å². The number of carbonyl (C=O) groups excluding carboxylic acids is 2. The Morgan fingerprint density at radius 3 is 2.67 bits per heavy atom. The molecule has 0 bridgehead atoms. The normalized spacial score (nSPS) is 11.6. The molecule has 6 nitrogen and oxygen atoms in total. The topological polar surface area (TPSA) is 87.5 Å². The largest absolute Gasteiger partial charge is 0.360 e. The van der Waals surface area contributed by atoms with E-state index in [0.29, 0.717) is 13.1 Å². The molecule has 3 amide bonds. The van der Waals surface area contributed by atoms with E-state index in [9.17, 15) is 9.59 Å². The van der Waals surface area contributed by atoms with Crippen LogP contribution in [0, 0.1) is 6.92 Å². The van der Waals surface area contributed by atoms with E-state index in [-0.39, 0.29) is 5.91 Å². The summed E-state index contributed by atoms with van der Waals surface area (Å²) in [4.78, 5) is 25.4. The van der Waals surface area contributed by atoms with Crippen LogP contribution >= 0.6 is 0 Å². The fourth-order valence-electron chi connectivity index (χ4n) is 2.03. The van der Waals surface area contributed by atoms with Crippen LogP contribution in [-0.2, 0) is 4.79 Å². The van der Waals surface area contributed by atoms with Crippen LogP contribution in [0.4, 0.5) is 10.5 Å². The SMILES string of the molecule is CNC(=O)NC(=O)C(C)N(CCCN)c1cccc(C)c1. The van der Waals surface area contributed by atoms with Gasteiger partial charge in [-0.2, -0.15) is 0 Å². The maximum Gasteiger partial charge on any atom is 0.321 e. The van der Waals surface area contributed by atoms with Crippen LogP contribution in [0.3, 0.4) is 0 Å². The van der Waals surface area contributed by atoms with Gasteiger partial charge in [0.05, 0.1) is 0 Å². The van der Waals surface area contributed by atoms with Crippen molar-refractivity contribution < 1.29 is 9.59 Å². The smallest absolute Gasteiger partial charge is 0.321 e. The molecule has 1 rings (SSSR count). The molecule has 0 aliphatic carbocycles. The lowest BCUT2D eigenvalue weighted by atomic mass is 10.1. The second kappa shape index (κ2) is 8.26. The van der Waals surface area contributed by atoms with Gasteiger partial charge < -0.3 is 16.0 Å². The van der Waals surface area contributed by atoms with Crippen LogP contribution in [0.5, 0.6) is 0 Å². The summed E-state index contributed by atoms with van der Waals surface area (Å²) >= 11 is 0. The van der Waals surface area contributed by atoms with Crippen molar-refractivity contribution in [1.29, 1.82) is 0 Å². The number of anilines is 1. The first kappa shape index (κ1) is 17.0. The summed E-state index contributed by atoms with van der Waals surface area (Å²) in [6.07, 6.45) is 0.769. The minimum Gasteiger partial charge on any atom is -0.360 e. The summed E-state index contributed by atoms with van der Waals surface area (Å²) < 4.78 is 0. The fraction of sp³-hybridized carbons (Fsp3) is 0.467. The number of nitrogens with one attached hydrogen (secondary N) is 2. The third-order valence-electron chi connectivity index (χ3n) is 3.25. The van der Waals surface area contributed by atoms with Gasteiger partial charge in [-0.3, -0.25) is 10.1 Å². The van der Waals surface area contributed by atoms with Gasteiger partial charge in [0.25, 0.3) is 0 Å². The maximum atomic E-state index is 12.1. The molecule has 0 fully saturated rings. The molecular weight excluding hydrogens is 268 g/mol. The Labute approximate surface area is 125 Å². The third kappa shape index (κ3) is 5.07. The molecule has 0 aliphatic rings. The highest BCUT2D eigenvalue weighted by Crippen LogP contribution is 2.19. The zero-order valence-corrected chi connectivity index (χ0v) is 12.8. The lowest BCUT2D eigenvalue weighted by Crippen LogP contribution is -2.49. The van der Waals surface area contributed by atoms with Crippen LogP contribution in [0.1, 0.15) is 18.9 Å². The number of nitrogens with zero attached hydrogens (tertiary/aromatic N) is 1. The summed E-state index contributed by atoms with van der Waals surface area (Å²) in [5, 5.41) is 4.68. The molecule has 1 aromatic rings. The van der Waals surface area contributed by atoms with E-state index in [2.05, 4.69) is 10.6 Å². The first-order chi connectivity index (χ1) is 9.99. The lowest BCUT2D eigenvalue weighted by Gasteiger charge is -2.30. The number of carbonyl (C=O) groups is 2. The molecule has 1 unspecified atom stereocenters. The Hall–Kier alpha value is -2.08. The fourth-order valence-corrected chi connectivity index (χ4v) is 2.03. The Morgan fingerprint density at radius 1 is 1.38 bits per heavy atom. The average Bonchev–Trinajstić information content (AvgIpc) is 2.47. The number of amides is 3. The number of imide groups is 1. The van der Waals surface area contributed by atoms with Crippen molar-refractivity contribution in [3.05, 3.63) is 29.8 Å². The molecule has 0 heterocycles. The van der Waals surface area contributed by atoms with E-state index in [1.54, 1.807) is 6.92 Å². The second-order valence-corrected chi connectivity index (χ2v) is 4.92. The highest BCUT2D eigenvalue weighted by atomic mass is 16.2. The quantitative estimate of drug-likeness (QED) is 0.730. The Balaban J connectivity index is 2.90. The predicted molar refractivity (Wildman–Crippen MR) is 84.3 cm³/mol. The summed E-state index contributed by atoms with van der Waals surface area (Å²) in [5.74, 6) is -0.340. The first-order valence-corrected chi connectivity index (χ1v) is 7.05. The third-order valence-corrected chi connectivity index (χ3v) is 3.25. The van der Waals surface area contributed by atoms with Crippen LogP contribution in [0.25, 0.3) is 0 Å². The Morgan fingerprint density at radius 2 is 2.10 bits per heavy atom. The highest BCUT2D eigenvalue weighted by molar-refractivity contribution is 5.98. The molecule has 0 saturated heterocycles. The van der Waals surface area contributed by atoms with Crippen LogP contribution < -0.4 is 21.3 Å². The van der Waals surface area contributed by atoms with Gasteiger partial charge in [-0.1, -0.05) is 12.1 Å². The number of rotatable bonds is 6. The molecule has 116 valence electrons. The zero-order valence-electron chi connectivity index (χ0n) is 12.8. The molecule has 0 aliphatic heterocycles. The van der Waals surface area contributed by atoms with Crippen molar-refractivity contribution in [2.45, 2.75) is 26.3 Å². The average molecular weight is 292 g/mol. The Bertz CT molecular complexity index is 490. The van der Waals surface area contributed by atoms with Gasteiger partial charge in [-0.25, -0.2) is 4.79 Å². The van der Waals surface area contributed by atoms with Crippen molar-refractivity contribution in [1.82, 2.24) is 10.6 Å². The first-order valence-electron chi connectivity index (χ1n) is 7.05. The number of nitrogens with two attached hydrogens (primary N) is 1. The molecule has 0 spiro atoms. The number of aryl methyl sites for hydroxylation is 1. The molecule has 1 aromatic carbocycles. The van der Waals surface area contributed by atoms with Crippen LogP contribution in [0.15, 0.2) is 24.3 Å². The summed E-state index contributed by atoms with van der Waals surface area (Å²) in [7, 11) is 1.47. The maximum absolute atomic E-state index is 12.1. The van der Waals surface area contributed by atoms with Gasteiger partial charge in [0.1, 0.15) is 6.04 Å². The van der Waals surface area contributed by atoms with Crippen molar-refractivity contribution >= 4 is 17.6 Å². The molecular formula is C15H24N4O2. The molecule has 6 heteroatoms. The Kier molecular flexibility index (Phi) is 6.68. The number of benzene rings is 1. The molecule has 21 heavy (non-hydrogen) atoms. The number of urea groups is 1. The van der Waals surface area contributed by atoms with E-state index < -0.39 is 12.1 Å². The molecule has 0 saturated carbocycles. The van der Waals surface area contributed by atoms with Crippen molar-refractivity contribution in [3.8, 4) is 0 Å². The van der Waals surface area contributed by atoms with E-state index in [1.165, 1.54) is 7.05 Å². The molecule has 4 N–H and O–H groups in total. The number of hydrogen-bond donors (Lipinski definition) is 3. The minimum absolute atomic E-state index is 0.340.